The molecular formula is C16H19N3O2. The summed E-state index contributed by atoms with van der Waals surface area (Å²) in [6, 6.07) is 7.75. The number of hydrogen-bond donors (Lipinski definition) is 2. The first-order valence-electron chi connectivity index (χ1n) is 7.27. The van der Waals surface area contributed by atoms with Crippen LogP contribution in [0.25, 0.3) is 6.08 Å². The van der Waals surface area contributed by atoms with Gasteiger partial charge in [-0.3, -0.25) is 4.79 Å². The second kappa shape index (κ2) is 6.10. The average Bonchev–Trinajstić information content (AvgIpc) is 3.02. The van der Waals surface area contributed by atoms with E-state index in [4.69, 9.17) is 4.74 Å². The Labute approximate surface area is 124 Å². The van der Waals surface area contributed by atoms with Crippen LogP contribution in [0.4, 0.5) is 0 Å². The van der Waals surface area contributed by atoms with E-state index < -0.39 is 0 Å². The van der Waals surface area contributed by atoms with Crippen LogP contribution in [-0.4, -0.2) is 30.8 Å². The summed E-state index contributed by atoms with van der Waals surface area (Å²) in [5, 5.41) is 7.19. The van der Waals surface area contributed by atoms with Gasteiger partial charge in [0, 0.05) is 11.1 Å². The maximum atomic E-state index is 11.8. The Balaban J connectivity index is 1.65. The fourth-order valence-corrected chi connectivity index (χ4v) is 2.56. The highest BCUT2D eigenvalue weighted by molar-refractivity contribution is 5.90. The molecule has 2 heterocycles. The third-order valence-corrected chi connectivity index (χ3v) is 3.78. The lowest BCUT2D eigenvalue weighted by Gasteiger charge is -2.22. The summed E-state index contributed by atoms with van der Waals surface area (Å²) >= 11 is 0. The van der Waals surface area contributed by atoms with E-state index in [0.717, 1.165) is 36.3 Å². The van der Waals surface area contributed by atoms with Gasteiger partial charge in [0.1, 0.15) is 11.9 Å². The van der Waals surface area contributed by atoms with Crippen molar-refractivity contribution >= 4 is 18.2 Å². The number of ether oxygens (including phenoxy) is 1. The molecule has 1 amide bonds. The van der Waals surface area contributed by atoms with Gasteiger partial charge in [-0.2, -0.15) is 5.10 Å². The molecule has 3 rings (SSSR count). The minimum atomic E-state index is -0.114. The van der Waals surface area contributed by atoms with Crippen LogP contribution in [0.3, 0.4) is 0 Å². The molecule has 21 heavy (non-hydrogen) atoms. The van der Waals surface area contributed by atoms with Crippen LogP contribution in [0, 0.1) is 0 Å². The van der Waals surface area contributed by atoms with Gasteiger partial charge in [0.2, 0.25) is 0 Å². The highest BCUT2D eigenvalue weighted by Gasteiger charge is 2.21. The Hall–Kier alpha value is -2.14. The van der Waals surface area contributed by atoms with Crippen molar-refractivity contribution < 1.29 is 9.53 Å². The SMILES string of the molecule is CC1Oc2ccccc2C=C1/C=N/NC(=O)[C@H]1CCCN1. The number of benzene rings is 1. The van der Waals surface area contributed by atoms with Gasteiger partial charge in [0.05, 0.1) is 12.3 Å². The molecule has 2 N–H and O–H groups in total. The summed E-state index contributed by atoms with van der Waals surface area (Å²) in [5.41, 5.74) is 4.55. The third kappa shape index (κ3) is 3.13. The monoisotopic (exact) mass is 285 g/mol. The molecule has 0 spiro atoms. The molecule has 0 radical (unpaired) electrons. The Morgan fingerprint density at radius 3 is 3.14 bits per heavy atom. The number of amides is 1. The summed E-state index contributed by atoms with van der Waals surface area (Å²) in [6.07, 6.45) is 5.52. The van der Waals surface area contributed by atoms with E-state index in [1.54, 1.807) is 6.21 Å². The van der Waals surface area contributed by atoms with Crippen LogP contribution in [0.15, 0.2) is 34.9 Å². The number of carbonyl (C=O) groups excluding carboxylic acids is 1. The molecule has 0 aromatic heterocycles. The van der Waals surface area contributed by atoms with Crippen LogP contribution in [0.1, 0.15) is 25.3 Å². The second-order valence-corrected chi connectivity index (χ2v) is 5.33. The van der Waals surface area contributed by atoms with Crippen LogP contribution in [0.2, 0.25) is 0 Å². The minimum absolute atomic E-state index is 0.0749. The van der Waals surface area contributed by atoms with Gasteiger partial charge in [-0.25, -0.2) is 5.43 Å². The highest BCUT2D eigenvalue weighted by atomic mass is 16.5. The van der Waals surface area contributed by atoms with Gasteiger partial charge < -0.3 is 10.1 Å². The average molecular weight is 285 g/mol. The summed E-state index contributed by atoms with van der Waals surface area (Å²) in [4.78, 5) is 11.8. The molecule has 2 aliphatic rings. The molecule has 5 heteroatoms. The molecular weight excluding hydrogens is 266 g/mol. The number of fused-ring (bicyclic) bond motifs is 1. The maximum Gasteiger partial charge on any atom is 0.257 e. The number of hydrogen-bond acceptors (Lipinski definition) is 4. The standard InChI is InChI=1S/C16H19N3O2/c1-11-13(9-12-5-2-3-7-15(12)21-11)10-18-19-16(20)14-6-4-8-17-14/h2-3,5,7,9-11,14,17H,4,6,8H2,1H3,(H,19,20)/b18-10+/t11?,14-/m1/s1. The lowest BCUT2D eigenvalue weighted by atomic mass is 10.0. The normalized spacial score (nSPS) is 24.3. The smallest absolute Gasteiger partial charge is 0.257 e. The fourth-order valence-electron chi connectivity index (χ4n) is 2.56. The van der Waals surface area contributed by atoms with Crippen molar-refractivity contribution in [2.45, 2.75) is 31.9 Å². The fraction of sp³-hybridized carbons (Fsp3) is 0.375. The van der Waals surface area contributed by atoms with Gasteiger partial charge in [0.15, 0.2) is 0 Å². The lowest BCUT2D eigenvalue weighted by molar-refractivity contribution is -0.122. The maximum absolute atomic E-state index is 11.8. The zero-order valence-corrected chi connectivity index (χ0v) is 12.0. The molecule has 0 bridgehead atoms. The van der Waals surface area contributed by atoms with Crippen molar-refractivity contribution in [2.24, 2.45) is 5.10 Å². The lowest BCUT2D eigenvalue weighted by Crippen LogP contribution is -2.38. The molecule has 1 unspecified atom stereocenters. The highest BCUT2D eigenvalue weighted by Crippen LogP contribution is 2.28. The van der Waals surface area contributed by atoms with E-state index in [9.17, 15) is 4.79 Å². The van der Waals surface area contributed by atoms with E-state index in [1.807, 2.05) is 37.3 Å². The Morgan fingerprint density at radius 1 is 1.48 bits per heavy atom. The molecule has 0 saturated carbocycles. The number of carbonyl (C=O) groups is 1. The molecule has 5 nitrogen and oxygen atoms in total. The van der Waals surface area contributed by atoms with Crippen LogP contribution in [-0.2, 0) is 4.79 Å². The number of nitrogens with one attached hydrogen (secondary N) is 2. The first-order valence-corrected chi connectivity index (χ1v) is 7.27. The predicted molar refractivity (Wildman–Crippen MR) is 82.2 cm³/mol. The van der Waals surface area contributed by atoms with Gasteiger partial charge in [-0.15, -0.1) is 0 Å². The van der Waals surface area contributed by atoms with Crippen LogP contribution < -0.4 is 15.5 Å². The number of hydrazone groups is 1. The molecule has 110 valence electrons. The molecule has 1 saturated heterocycles. The first-order chi connectivity index (χ1) is 10.2. The van der Waals surface area contributed by atoms with E-state index in [2.05, 4.69) is 15.8 Å². The van der Waals surface area contributed by atoms with Gasteiger partial charge >= 0.3 is 0 Å². The predicted octanol–water partition coefficient (Wildman–Crippen LogP) is 1.70. The van der Waals surface area contributed by atoms with Crippen LogP contribution in [0.5, 0.6) is 5.75 Å². The van der Waals surface area contributed by atoms with Gasteiger partial charge in [-0.1, -0.05) is 18.2 Å². The Kier molecular flexibility index (Phi) is 4.01. The van der Waals surface area contributed by atoms with Crippen molar-refractivity contribution in [3.05, 3.63) is 35.4 Å². The van der Waals surface area contributed by atoms with Crippen LogP contribution >= 0.6 is 0 Å². The molecule has 1 aromatic carbocycles. The summed E-state index contributed by atoms with van der Waals surface area (Å²) in [7, 11) is 0. The summed E-state index contributed by atoms with van der Waals surface area (Å²) in [6.45, 7) is 2.86. The largest absolute Gasteiger partial charge is 0.485 e. The zero-order valence-electron chi connectivity index (χ0n) is 12.0. The van der Waals surface area contributed by atoms with E-state index >= 15 is 0 Å². The number of para-hydroxylation sites is 1. The molecule has 2 aliphatic heterocycles. The minimum Gasteiger partial charge on any atom is -0.485 e. The first kappa shape index (κ1) is 13.8. The van der Waals surface area contributed by atoms with Crippen molar-refractivity contribution in [1.82, 2.24) is 10.7 Å². The summed E-state index contributed by atoms with van der Waals surface area (Å²) in [5.74, 6) is 0.801. The van der Waals surface area contributed by atoms with E-state index in [0.29, 0.717) is 0 Å². The van der Waals surface area contributed by atoms with Gasteiger partial charge in [0.25, 0.3) is 5.91 Å². The molecule has 0 aliphatic carbocycles. The van der Waals surface area contributed by atoms with Crippen molar-refractivity contribution in [1.29, 1.82) is 0 Å². The van der Waals surface area contributed by atoms with Crippen molar-refractivity contribution in [2.75, 3.05) is 6.54 Å². The van der Waals surface area contributed by atoms with Crippen molar-refractivity contribution in [3.8, 4) is 5.75 Å². The van der Waals surface area contributed by atoms with E-state index in [-0.39, 0.29) is 18.1 Å². The Bertz CT molecular complexity index is 589. The molecule has 1 aromatic rings. The van der Waals surface area contributed by atoms with E-state index in [1.165, 1.54) is 0 Å². The topological polar surface area (TPSA) is 62.7 Å². The van der Waals surface area contributed by atoms with Crippen molar-refractivity contribution in [3.63, 3.8) is 0 Å². The number of rotatable bonds is 3. The second-order valence-electron chi connectivity index (χ2n) is 5.33. The quantitative estimate of drug-likeness (QED) is 0.656. The Morgan fingerprint density at radius 2 is 2.33 bits per heavy atom. The molecule has 2 atom stereocenters. The molecule has 1 fully saturated rings. The summed E-state index contributed by atoms with van der Waals surface area (Å²) < 4.78 is 5.82. The third-order valence-electron chi connectivity index (χ3n) is 3.78. The zero-order chi connectivity index (χ0) is 14.7. The number of nitrogens with zero attached hydrogens (tertiary/aromatic N) is 1. The van der Waals surface area contributed by atoms with Gasteiger partial charge in [-0.05, 0) is 38.5 Å².